The zero-order valence-electron chi connectivity index (χ0n) is 10.9. The standard InChI is InChI=1S/C14H16ClFN2O.ClH/c15-11-7-9(1-2-12(11)16)18-13(19)10-8-14(10)3-5-17-6-4-14;/h1-2,7,10,17H,3-6,8H2,(H,18,19);1H. The summed E-state index contributed by atoms with van der Waals surface area (Å²) in [4.78, 5) is 12.2. The van der Waals surface area contributed by atoms with Gasteiger partial charge in [-0.3, -0.25) is 4.79 Å². The number of nitrogens with one attached hydrogen (secondary N) is 2. The first-order valence-corrected chi connectivity index (χ1v) is 6.95. The Kier molecular flexibility index (Phi) is 4.57. The molecule has 1 amide bonds. The molecule has 2 fully saturated rings. The van der Waals surface area contributed by atoms with Crippen molar-refractivity contribution in [2.45, 2.75) is 19.3 Å². The molecule has 6 heteroatoms. The Morgan fingerprint density at radius 1 is 1.40 bits per heavy atom. The maximum atomic E-state index is 13.0. The second kappa shape index (κ2) is 5.88. The van der Waals surface area contributed by atoms with Crippen molar-refractivity contribution in [3.63, 3.8) is 0 Å². The Morgan fingerprint density at radius 3 is 2.75 bits per heavy atom. The number of carbonyl (C=O) groups is 1. The van der Waals surface area contributed by atoms with Gasteiger partial charge in [-0.1, -0.05) is 11.6 Å². The van der Waals surface area contributed by atoms with E-state index in [9.17, 15) is 9.18 Å². The molecule has 1 aromatic carbocycles. The quantitative estimate of drug-likeness (QED) is 0.879. The van der Waals surface area contributed by atoms with E-state index in [0.717, 1.165) is 32.4 Å². The molecule has 2 N–H and O–H groups in total. The molecule has 2 aliphatic rings. The van der Waals surface area contributed by atoms with E-state index in [1.54, 1.807) is 0 Å². The van der Waals surface area contributed by atoms with Crippen LogP contribution < -0.4 is 10.6 Å². The van der Waals surface area contributed by atoms with Crippen LogP contribution in [0.1, 0.15) is 19.3 Å². The van der Waals surface area contributed by atoms with Gasteiger partial charge in [0, 0.05) is 11.6 Å². The van der Waals surface area contributed by atoms with E-state index in [4.69, 9.17) is 11.6 Å². The highest BCUT2D eigenvalue weighted by molar-refractivity contribution is 6.31. The van der Waals surface area contributed by atoms with Gasteiger partial charge in [0.05, 0.1) is 5.02 Å². The van der Waals surface area contributed by atoms with E-state index < -0.39 is 5.82 Å². The molecule has 1 atom stereocenters. The number of benzene rings is 1. The average molecular weight is 319 g/mol. The summed E-state index contributed by atoms with van der Waals surface area (Å²) in [6.07, 6.45) is 3.10. The molecule has 3 rings (SSSR count). The molecule has 1 spiro atoms. The number of hydrogen-bond acceptors (Lipinski definition) is 2. The van der Waals surface area contributed by atoms with Crippen LogP contribution in [0.15, 0.2) is 18.2 Å². The lowest BCUT2D eigenvalue weighted by molar-refractivity contribution is -0.118. The van der Waals surface area contributed by atoms with Gasteiger partial charge in [-0.2, -0.15) is 0 Å². The smallest absolute Gasteiger partial charge is 0.228 e. The molecule has 110 valence electrons. The summed E-state index contributed by atoms with van der Waals surface area (Å²) in [6, 6.07) is 4.26. The highest BCUT2D eigenvalue weighted by Gasteiger charge is 2.57. The van der Waals surface area contributed by atoms with Crippen molar-refractivity contribution >= 4 is 35.6 Å². The van der Waals surface area contributed by atoms with Gasteiger partial charge in [0.15, 0.2) is 0 Å². The van der Waals surface area contributed by atoms with Crippen LogP contribution >= 0.6 is 24.0 Å². The van der Waals surface area contributed by atoms with E-state index in [0.29, 0.717) is 5.69 Å². The minimum absolute atomic E-state index is 0. The van der Waals surface area contributed by atoms with Crippen molar-refractivity contribution in [2.24, 2.45) is 11.3 Å². The molecule has 1 aliphatic carbocycles. The third kappa shape index (κ3) is 2.92. The lowest BCUT2D eigenvalue weighted by atomic mass is 9.92. The number of piperidine rings is 1. The topological polar surface area (TPSA) is 41.1 Å². The highest BCUT2D eigenvalue weighted by atomic mass is 35.5. The van der Waals surface area contributed by atoms with Gasteiger partial charge in [-0.25, -0.2) is 4.39 Å². The number of hydrogen-bond donors (Lipinski definition) is 2. The molecular formula is C14H17Cl2FN2O. The summed E-state index contributed by atoms with van der Waals surface area (Å²) in [5.41, 5.74) is 0.770. The maximum absolute atomic E-state index is 13.0. The van der Waals surface area contributed by atoms with Crippen LogP contribution in [0.25, 0.3) is 0 Å². The summed E-state index contributed by atoms with van der Waals surface area (Å²) in [5, 5.41) is 6.18. The predicted molar refractivity (Wildman–Crippen MR) is 79.9 cm³/mol. The molecule has 1 aromatic rings. The Labute approximate surface area is 128 Å². The molecule has 20 heavy (non-hydrogen) atoms. The third-order valence-electron chi connectivity index (χ3n) is 4.29. The number of amides is 1. The second-order valence-corrected chi connectivity index (χ2v) is 5.89. The number of carbonyl (C=O) groups excluding carboxylic acids is 1. The summed E-state index contributed by atoms with van der Waals surface area (Å²) >= 11 is 5.70. The molecule has 0 radical (unpaired) electrons. The zero-order valence-corrected chi connectivity index (χ0v) is 12.5. The van der Waals surface area contributed by atoms with Gasteiger partial charge in [0.1, 0.15) is 5.82 Å². The minimum atomic E-state index is -0.471. The summed E-state index contributed by atoms with van der Waals surface area (Å²) in [7, 11) is 0. The van der Waals surface area contributed by atoms with Gasteiger partial charge < -0.3 is 10.6 Å². The van der Waals surface area contributed by atoms with Gasteiger partial charge in [0.2, 0.25) is 5.91 Å². The van der Waals surface area contributed by atoms with E-state index >= 15 is 0 Å². The zero-order chi connectivity index (χ0) is 13.5. The Bertz CT molecular complexity index is 518. The molecule has 1 saturated heterocycles. The van der Waals surface area contributed by atoms with Crippen molar-refractivity contribution in [1.29, 1.82) is 0 Å². The van der Waals surface area contributed by atoms with Crippen molar-refractivity contribution in [1.82, 2.24) is 5.32 Å². The Hall–Kier alpha value is -0.840. The van der Waals surface area contributed by atoms with Gasteiger partial charge in [-0.15, -0.1) is 12.4 Å². The molecule has 1 saturated carbocycles. The Balaban J connectivity index is 0.00000147. The summed E-state index contributed by atoms with van der Waals surface area (Å²) < 4.78 is 13.0. The molecule has 1 heterocycles. The lowest BCUT2D eigenvalue weighted by Crippen LogP contribution is -2.31. The predicted octanol–water partition coefficient (Wildman–Crippen LogP) is 3.23. The first-order valence-electron chi connectivity index (χ1n) is 6.57. The van der Waals surface area contributed by atoms with Crippen molar-refractivity contribution < 1.29 is 9.18 Å². The van der Waals surface area contributed by atoms with Crippen molar-refractivity contribution in [3.8, 4) is 0 Å². The van der Waals surface area contributed by atoms with Gasteiger partial charge in [0.25, 0.3) is 0 Å². The molecule has 0 aromatic heterocycles. The Morgan fingerprint density at radius 2 is 2.10 bits per heavy atom. The maximum Gasteiger partial charge on any atom is 0.228 e. The van der Waals surface area contributed by atoms with Gasteiger partial charge >= 0.3 is 0 Å². The molecule has 3 nitrogen and oxygen atoms in total. The van der Waals surface area contributed by atoms with Gasteiger partial charge in [-0.05, 0) is 56.0 Å². The normalized spacial score (nSPS) is 23.0. The fraction of sp³-hybridized carbons (Fsp3) is 0.500. The lowest BCUT2D eigenvalue weighted by Gasteiger charge is -2.23. The molecule has 1 unspecified atom stereocenters. The van der Waals surface area contributed by atoms with E-state index in [1.807, 2.05) is 0 Å². The number of halogens is 3. The fourth-order valence-electron chi connectivity index (χ4n) is 3.00. The van der Waals surface area contributed by atoms with Crippen molar-refractivity contribution in [3.05, 3.63) is 29.0 Å². The first-order chi connectivity index (χ1) is 9.11. The monoisotopic (exact) mass is 318 g/mol. The second-order valence-electron chi connectivity index (χ2n) is 5.49. The summed E-state index contributed by atoms with van der Waals surface area (Å²) in [5.74, 6) is -0.344. The average Bonchev–Trinajstić information content (AvgIpc) is 3.08. The van der Waals surface area contributed by atoms with Crippen molar-refractivity contribution in [2.75, 3.05) is 18.4 Å². The van der Waals surface area contributed by atoms with Crippen LogP contribution in [0.2, 0.25) is 5.02 Å². The van der Waals surface area contributed by atoms with Crippen LogP contribution in [0.4, 0.5) is 10.1 Å². The minimum Gasteiger partial charge on any atom is -0.326 e. The van der Waals surface area contributed by atoms with Crippen LogP contribution in [0.3, 0.4) is 0 Å². The van der Waals surface area contributed by atoms with E-state index in [2.05, 4.69) is 10.6 Å². The van der Waals surface area contributed by atoms with Crippen LogP contribution in [-0.2, 0) is 4.79 Å². The molecule has 1 aliphatic heterocycles. The largest absolute Gasteiger partial charge is 0.326 e. The fourth-order valence-corrected chi connectivity index (χ4v) is 3.18. The summed E-state index contributed by atoms with van der Waals surface area (Å²) in [6.45, 7) is 1.98. The third-order valence-corrected chi connectivity index (χ3v) is 4.58. The number of rotatable bonds is 2. The molecule has 0 bridgehead atoms. The SMILES string of the molecule is Cl.O=C(Nc1ccc(F)c(Cl)c1)C1CC12CCNCC2. The van der Waals surface area contributed by atoms with Crippen LogP contribution in [0.5, 0.6) is 0 Å². The van der Waals surface area contributed by atoms with Crippen LogP contribution in [-0.4, -0.2) is 19.0 Å². The van der Waals surface area contributed by atoms with E-state index in [1.165, 1.54) is 18.2 Å². The number of anilines is 1. The highest BCUT2D eigenvalue weighted by Crippen LogP contribution is 2.58. The van der Waals surface area contributed by atoms with E-state index in [-0.39, 0.29) is 34.7 Å². The first kappa shape index (κ1) is 15.5. The molecular weight excluding hydrogens is 302 g/mol. The van der Waals surface area contributed by atoms with Crippen LogP contribution in [0, 0.1) is 17.2 Å².